The average molecular weight is 248 g/mol. The number of nitrogen functional groups attached to an aromatic ring is 1. The molecule has 1 aromatic heterocycles. The molecule has 0 fully saturated rings. The fourth-order valence-corrected chi connectivity index (χ4v) is 2.08. The van der Waals surface area contributed by atoms with Gasteiger partial charge in [-0.15, -0.1) is 11.8 Å². The molecule has 0 aliphatic rings. The van der Waals surface area contributed by atoms with Gasteiger partial charge in [-0.05, 0) is 18.2 Å². The van der Waals surface area contributed by atoms with Crippen molar-refractivity contribution >= 4 is 17.6 Å². The van der Waals surface area contributed by atoms with Crippen LogP contribution in [0, 0.1) is 0 Å². The third-order valence-electron chi connectivity index (χ3n) is 2.06. The SMILES string of the molecule is NNc1cnc(CSc2cccc(O)c2)cn1. The highest BCUT2D eigenvalue weighted by atomic mass is 32.2. The van der Waals surface area contributed by atoms with E-state index in [4.69, 9.17) is 5.84 Å². The minimum absolute atomic E-state index is 0.267. The van der Waals surface area contributed by atoms with Gasteiger partial charge in [-0.3, -0.25) is 4.98 Å². The van der Waals surface area contributed by atoms with Gasteiger partial charge in [0.25, 0.3) is 0 Å². The van der Waals surface area contributed by atoms with Crippen molar-refractivity contribution in [1.82, 2.24) is 9.97 Å². The molecular formula is C11H12N4OS. The fourth-order valence-electron chi connectivity index (χ4n) is 1.23. The van der Waals surface area contributed by atoms with Gasteiger partial charge in [0.05, 0.1) is 18.1 Å². The van der Waals surface area contributed by atoms with Crippen LogP contribution in [0.2, 0.25) is 0 Å². The predicted octanol–water partition coefficient (Wildman–Crippen LogP) is 1.76. The number of benzene rings is 1. The molecule has 6 heteroatoms. The molecule has 0 spiro atoms. The van der Waals surface area contributed by atoms with Crippen LogP contribution in [-0.4, -0.2) is 15.1 Å². The van der Waals surface area contributed by atoms with Gasteiger partial charge in [0.15, 0.2) is 5.82 Å². The standard InChI is InChI=1S/C11H12N4OS/c12-15-11-6-13-8(5-14-11)7-17-10-3-1-2-9(16)4-10/h1-6,16H,7,12H2,(H,14,15). The molecule has 2 aromatic rings. The molecule has 0 bridgehead atoms. The number of rotatable bonds is 4. The summed E-state index contributed by atoms with van der Waals surface area (Å²) >= 11 is 1.59. The first-order valence-electron chi connectivity index (χ1n) is 4.97. The zero-order valence-electron chi connectivity index (χ0n) is 9.00. The molecule has 0 radical (unpaired) electrons. The largest absolute Gasteiger partial charge is 0.508 e. The van der Waals surface area contributed by atoms with Crippen molar-refractivity contribution in [2.45, 2.75) is 10.6 Å². The summed E-state index contributed by atoms with van der Waals surface area (Å²) in [5.41, 5.74) is 3.28. The molecule has 5 nitrogen and oxygen atoms in total. The van der Waals surface area contributed by atoms with Gasteiger partial charge in [-0.1, -0.05) is 6.07 Å². The molecule has 0 aliphatic carbocycles. The lowest BCUT2D eigenvalue weighted by molar-refractivity contribution is 0.474. The van der Waals surface area contributed by atoms with Crippen LogP contribution in [0.5, 0.6) is 5.75 Å². The second kappa shape index (κ2) is 5.51. The lowest BCUT2D eigenvalue weighted by Gasteiger charge is -2.03. The Morgan fingerprint density at radius 2 is 2.18 bits per heavy atom. The Morgan fingerprint density at radius 3 is 2.82 bits per heavy atom. The third kappa shape index (κ3) is 3.33. The highest BCUT2D eigenvalue weighted by Crippen LogP contribution is 2.24. The van der Waals surface area contributed by atoms with Crippen molar-refractivity contribution in [2.24, 2.45) is 5.84 Å². The van der Waals surface area contributed by atoms with Crippen LogP contribution in [0.3, 0.4) is 0 Å². The summed E-state index contributed by atoms with van der Waals surface area (Å²) in [4.78, 5) is 9.26. The van der Waals surface area contributed by atoms with Crippen LogP contribution in [0.1, 0.15) is 5.69 Å². The number of nitrogens with zero attached hydrogens (tertiary/aromatic N) is 2. The van der Waals surface area contributed by atoms with E-state index in [2.05, 4.69) is 15.4 Å². The highest BCUT2D eigenvalue weighted by Gasteiger charge is 1.99. The number of aromatic nitrogens is 2. The molecule has 17 heavy (non-hydrogen) atoms. The number of hydrogen-bond donors (Lipinski definition) is 3. The maximum absolute atomic E-state index is 9.32. The number of phenols is 1. The molecule has 88 valence electrons. The number of thioether (sulfide) groups is 1. The van der Waals surface area contributed by atoms with E-state index < -0.39 is 0 Å². The quantitative estimate of drug-likeness (QED) is 0.434. The second-order valence-corrected chi connectivity index (χ2v) is 4.37. The van der Waals surface area contributed by atoms with Crippen LogP contribution >= 0.6 is 11.8 Å². The second-order valence-electron chi connectivity index (χ2n) is 3.32. The van der Waals surface area contributed by atoms with Crippen LogP contribution in [0.4, 0.5) is 5.82 Å². The number of aromatic hydroxyl groups is 1. The molecule has 0 amide bonds. The summed E-state index contributed by atoms with van der Waals surface area (Å²) in [6.07, 6.45) is 3.25. The van der Waals surface area contributed by atoms with Crippen LogP contribution in [0.15, 0.2) is 41.6 Å². The van der Waals surface area contributed by atoms with E-state index in [0.717, 1.165) is 10.6 Å². The smallest absolute Gasteiger partial charge is 0.158 e. The maximum Gasteiger partial charge on any atom is 0.158 e. The van der Waals surface area contributed by atoms with Crippen LogP contribution in [-0.2, 0) is 5.75 Å². The van der Waals surface area contributed by atoms with Crippen molar-refractivity contribution in [3.05, 3.63) is 42.4 Å². The summed E-state index contributed by atoms with van der Waals surface area (Å²) < 4.78 is 0. The molecule has 0 unspecified atom stereocenters. The molecule has 2 rings (SSSR count). The minimum atomic E-state index is 0.267. The average Bonchev–Trinajstić information content (AvgIpc) is 2.37. The maximum atomic E-state index is 9.32. The Morgan fingerprint density at radius 1 is 1.29 bits per heavy atom. The van der Waals surface area contributed by atoms with Crippen molar-refractivity contribution in [2.75, 3.05) is 5.43 Å². The Bertz CT molecular complexity index is 489. The molecule has 0 aliphatic heterocycles. The summed E-state index contributed by atoms with van der Waals surface area (Å²) in [5, 5.41) is 9.32. The molecule has 4 N–H and O–H groups in total. The summed E-state index contributed by atoms with van der Waals surface area (Å²) in [5.74, 6) is 6.70. The summed E-state index contributed by atoms with van der Waals surface area (Å²) in [6, 6.07) is 7.11. The predicted molar refractivity (Wildman–Crippen MR) is 67.5 cm³/mol. The zero-order chi connectivity index (χ0) is 12.1. The van der Waals surface area contributed by atoms with E-state index in [1.807, 2.05) is 12.1 Å². The van der Waals surface area contributed by atoms with Gasteiger partial charge in [0.2, 0.25) is 0 Å². The molecule has 0 saturated carbocycles. The third-order valence-corrected chi connectivity index (χ3v) is 3.08. The first-order valence-corrected chi connectivity index (χ1v) is 5.96. The van der Waals surface area contributed by atoms with E-state index in [1.165, 1.54) is 0 Å². The number of nitrogens with two attached hydrogens (primary N) is 1. The molecule has 1 heterocycles. The van der Waals surface area contributed by atoms with Crippen molar-refractivity contribution in [3.8, 4) is 5.75 Å². The topological polar surface area (TPSA) is 84.1 Å². The monoisotopic (exact) mass is 248 g/mol. The molecule has 0 atom stereocenters. The van der Waals surface area contributed by atoms with E-state index in [9.17, 15) is 5.11 Å². The fraction of sp³-hybridized carbons (Fsp3) is 0.0909. The van der Waals surface area contributed by atoms with E-state index in [1.54, 1.807) is 36.3 Å². The Kier molecular flexibility index (Phi) is 3.79. The van der Waals surface area contributed by atoms with Gasteiger partial charge in [-0.2, -0.15) is 0 Å². The number of phenolic OH excluding ortho intramolecular Hbond substituents is 1. The van der Waals surface area contributed by atoms with E-state index in [-0.39, 0.29) is 5.75 Å². The Balaban J connectivity index is 1.97. The minimum Gasteiger partial charge on any atom is -0.508 e. The Hall–Kier alpha value is -1.79. The summed E-state index contributed by atoms with van der Waals surface area (Å²) in [6.45, 7) is 0. The normalized spacial score (nSPS) is 10.2. The Labute approximate surface area is 103 Å². The zero-order valence-corrected chi connectivity index (χ0v) is 9.81. The van der Waals surface area contributed by atoms with E-state index in [0.29, 0.717) is 11.6 Å². The van der Waals surface area contributed by atoms with Gasteiger partial charge < -0.3 is 10.5 Å². The van der Waals surface area contributed by atoms with Gasteiger partial charge in [-0.25, -0.2) is 10.8 Å². The van der Waals surface area contributed by atoms with Crippen LogP contribution in [0.25, 0.3) is 0 Å². The van der Waals surface area contributed by atoms with Gasteiger partial charge in [0, 0.05) is 10.6 Å². The number of nitrogens with one attached hydrogen (secondary N) is 1. The van der Waals surface area contributed by atoms with Gasteiger partial charge >= 0.3 is 0 Å². The summed E-state index contributed by atoms with van der Waals surface area (Å²) in [7, 11) is 0. The molecule has 1 aromatic carbocycles. The first-order chi connectivity index (χ1) is 8.28. The van der Waals surface area contributed by atoms with Crippen molar-refractivity contribution in [3.63, 3.8) is 0 Å². The van der Waals surface area contributed by atoms with Gasteiger partial charge in [0.1, 0.15) is 5.75 Å². The number of hydrogen-bond acceptors (Lipinski definition) is 6. The van der Waals surface area contributed by atoms with Crippen molar-refractivity contribution < 1.29 is 5.11 Å². The first kappa shape index (κ1) is 11.7. The highest BCUT2D eigenvalue weighted by molar-refractivity contribution is 7.98. The van der Waals surface area contributed by atoms with Crippen LogP contribution < -0.4 is 11.3 Å². The lowest BCUT2D eigenvalue weighted by Crippen LogP contribution is -2.08. The molecular weight excluding hydrogens is 236 g/mol. The van der Waals surface area contributed by atoms with E-state index >= 15 is 0 Å². The number of anilines is 1. The molecule has 0 saturated heterocycles. The number of hydrazine groups is 1. The lowest BCUT2D eigenvalue weighted by atomic mass is 10.3. The van der Waals surface area contributed by atoms with Crippen molar-refractivity contribution in [1.29, 1.82) is 0 Å².